The topological polar surface area (TPSA) is 79.9 Å². The molecule has 2 N–H and O–H groups in total. The summed E-state index contributed by atoms with van der Waals surface area (Å²) in [6.07, 6.45) is 1.69. The van der Waals surface area contributed by atoms with Crippen LogP contribution in [-0.4, -0.2) is 26.0 Å². The van der Waals surface area contributed by atoms with E-state index in [-0.39, 0.29) is 23.9 Å². The van der Waals surface area contributed by atoms with Crippen LogP contribution in [0, 0.1) is 0 Å². The number of rotatable bonds is 5. The molecule has 0 fully saturated rings. The number of amides is 2. The Bertz CT molecular complexity index is 849. The molecule has 1 aliphatic rings. The highest BCUT2D eigenvalue weighted by molar-refractivity contribution is 6.07. The molecule has 1 heterocycles. The fraction of sp³-hybridized carbons (Fsp3) is 0.158. The smallest absolute Gasteiger partial charge is 0.273 e. The molecule has 0 atom stereocenters. The highest BCUT2D eigenvalue weighted by atomic mass is 16.5. The van der Waals surface area contributed by atoms with E-state index in [1.54, 1.807) is 43.5 Å². The molecular formula is C19H19N3O4. The van der Waals surface area contributed by atoms with Crippen LogP contribution in [0.25, 0.3) is 0 Å². The van der Waals surface area contributed by atoms with E-state index in [0.717, 1.165) is 0 Å². The van der Waals surface area contributed by atoms with Crippen molar-refractivity contribution in [2.75, 3.05) is 24.5 Å². The number of anilines is 2. The van der Waals surface area contributed by atoms with Crippen LogP contribution in [0.5, 0.6) is 11.5 Å². The normalized spacial score (nSPS) is 13.5. The van der Waals surface area contributed by atoms with Crippen LogP contribution in [0.3, 0.4) is 0 Å². The molecule has 0 aliphatic carbocycles. The lowest BCUT2D eigenvalue weighted by Gasteiger charge is -2.28. The maximum Gasteiger partial charge on any atom is 0.273 e. The molecule has 0 bridgehead atoms. The van der Waals surface area contributed by atoms with Crippen molar-refractivity contribution in [2.24, 2.45) is 0 Å². The largest absolute Gasteiger partial charge is 0.497 e. The van der Waals surface area contributed by atoms with Gasteiger partial charge in [0.2, 0.25) is 5.91 Å². The monoisotopic (exact) mass is 353 g/mol. The number of carbonyl (C=O) groups is 2. The summed E-state index contributed by atoms with van der Waals surface area (Å²) >= 11 is 0. The number of carbonyl (C=O) groups excluding carboxylic acids is 2. The number of nitrogens with one attached hydrogen (secondary N) is 2. The zero-order valence-electron chi connectivity index (χ0n) is 14.5. The maximum absolute atomic E-state index is 12.6. The van der Waals surface area contributed by atoms with E-state index in [2.05, 4.69) is 10.7 Å². The first-order valence-electron chi connectivity index (χ1n) is 8.00. The number of methoxy groups -OCH3 is 2. The van der Waals surface area contributed by atoms with E-state index in [0.29, 0.717) is 22.9 Å². The molecule has 1 aliphatic heterocycles. The van der Waals surface area contributed by atoms with Crippen LogP contribution < -0.4 is 25.2 Å². The number of hydrogen-bond acceptors (Lipinski definition) is 5. The minimum atomic E-state index is -0.373. The number of para-hydroxylation sites is 1. The van der Waals surface area contributed by atoms with Crippen molar-refractivity contribution >= 4 is 23.2 Å². The number of nitrogens with zero attached hydrogens (tertiary/aromatic N) is 1. The fourth-order valence-corrected chi connectivity index (χ4v) is 2.53. The molecular weight excluding hydrogens is 334 g/mol. The van der Waals surface area contributed by atoms with E-state index in [9.17, 15) is 9.59 Å². The molecule has 26 heavy (non-hydrogen) atoms. The van der Waals surface area contributed by atoms with Gasteiger partial charge in [-0.1, -0.05) is 18.2 Å². The van der Waals surface area contributed by atoms with E-state index < -0.39 is 0 Å². The van der Waals surface area contributed by atoms with Crippen LogP contribution in [0.4, 0.5) is 11.4 Å². The highest BCUT2D eigenvalue weighted by Crippen LogP contribution is 2.29. The van der Waals surface area contributed by atoms with Gasteiger partial charge in [-0.25, -0.2) is 5.01 Å². The number of benzene rings is 2. The average molecular weight is 353 g/mol. The summed E-state index contributed by atoms with van der Waals surface area (Å²) in [7, 11) is 3.07. The third-order valence-electron chi connectivity index (χ3n) is 3.88. The minimum absolute atomic E-state index is 0.129. The van der Waals surface area contributed by atoms with E-state index in [1.165, 1.54) is 12.1 Å². The number of hydrogen-bond donors (Lipinski definition) is 2. The van der Waals surface area contributed by atoms with Crippen LogP contribution in [0.15, 0.2) is 60.3 Å². The molecule has 2 aromatic rings. The van der Waals surface area contributed by atoms with Crippen molar-refractivity contribution in [2.45, 2.75) is 6.42 Å². The van der Waals surface area contributed by atoms with Crippen molar-refractivity contribution < 1.29 is 19.1 Å². The number of ether oxygens (including phenoxy) is 2. The van der Waals surface area contributed by atoms with Gasteiger partial charge in [-0.05, 0) is 30.3 Å². The van der Waals surface area contributed by atoms with E-state index >= 15 is 0 Å². The molecule has 7 heteroatoms. The standard InChI is InChI=1S/C19H19N3O4/c1-25-14-8-9-15(17(12-14)26-2)20-19(24)16-10-11-18(23)22(21-16)13-6-4-3-5-7-13/h3-10,12,21H,11H2,1-2H3,(H,20,24). The lowest BCUT2D eigenvalue weighted by atomic mass is 10.2. The van der Waals surface area contributed by atoms with Crippen LogP contribution >= 0.6 is 0 Å². The molecule has 7 nitrogen and oxygen atoms in total. The lowest BCUT2D eigenvalue weighted by molar-refractivity contribution is -0.119. The van der Waals surface area contributed by atoms with Gasteiger partial charge in [0.1, 0.15) is 17.2 Å². The SMILES string of the molecule is COc1ccc(NC(=O)C2=CCC(=O)N(c3ccccc3)N2)c(OC)c1. The second-order valence-electron chi connectivity index (χ2n) is 5.52. The molecule has 2 aromatic carbocycles. The molecule has 0 saturated carbocycles. The van der Waals surface area contributed by atoms with Gasteiger partial charge in [-0.15, -0.1) is 0 Å². The summed E-state index contributed by atoms with van der Waals surface area (Å²) < 4.78 is 10.4. The number of hydrazine groups is 1. The van der Waals surface area contributed by atoms with E-state index in [1.807, 2.05) is 18.2 Å². The Hall–Kier alpha value is -3.48. The van der Waals surface area contributed by atoms with Crippen LogP contribution in [-0.2, 0) is 9.59 Å². The van der Waals surface area contributed by atoms with Crippen molar-refractivity contribution in [3.8, 4) is 11.5 Å². The Morgan fingerprint density at radius 1 is 1.12 bits per heavy atom. The summed E-state index contributed by atoms with van der Waals surface area (Å²) in [6.45, 7) is 0. The zero-order valence-corrected chi connectivity index (χ0v) is 14.5. The summed E-state index contributed by atoms with van der Waals surface area (Å²) in [5.41, 5.74) is 4.32. The first-order chi connectivity index (χ1) is 12.6. The van der Waals surface area contributed by atoms with Gasteiger partial charge in [0.15, 0.2) is 0 Å². The fourth-order valence-electron chi connectivity index (χ4n) is 2.53. The van der Waals surface area contributed by atoms with E-state index in [4.69, 9.17) is 9.47 Å². The molecule has 0 aromatic heterocycles. The summed E-state index contributed by atoms with van der Waals surface area (Å²) in [4.78, 5) is 24.8. The minimum Gasteiger partial charge on any atom is -0.497 e. The predicted octanol–water partition coefficient (Wildman–Crippen LogP) is 2.47. The molecule has 3 rings (SSSR count). The van der Waals surface area contributed by atoms with Crippen LogP contribution in [0.1, 0.15) is 6.42 Å². The Balaban J connectivity index is 1.77. The zero-order chi connectivity index (χ0) is 18.5. The average Bonchev–Trinajstić information content (AvgIpc) is 2.69. The summed E-state index contributed by atoms with van der Waals surface area (Å²) in [5, 5.41) is 4.14. The van der Waals surface area contributed by atoms with Crippen molar-refractivity contribution in [3.05, 3.63) is 60.3 Å². The van der Waals surface area contributed by atoms with Gasteiger partial charge in [-0.3, -0.25) is 15.0 Å². The second-order valence-corrected chi connectivity index (χ2v) is 5.52. The third-order valence-corrected chi connectivity index (χ3v) is 3.88. The maximum atomic E-state index is 12.6. The molecule has 0 unspecified atom stereocenters. The molecule has 0 saturated heterocycles. The van der Waals surface area contributed by atoms with Crippen molar-refractivity contribution in [1.29, 1.82) is 0 Å². The van der Waals surface area contributed by atoms with Gasteiger partial charge in [-0.2, -0.15) is 0 Å². The third kappa shape index (κ3) is 3.61. The molecule has 2 amide bonds. The van der Waals surface area contributed by atoms with Gasteiger partial charge in [0.05, 0.1) is 25.6 Å². The van der Waals surface area contributed by atoms with Crippen molar-refractivity contribution in [3.63, 3.8) is 0 Å². The quantitative estimate of drug-likeness (QED) is 0.863. The van der Waals surface area contributed by atoms with Gasteiger partial charge < -0.3 is 14.8 Å². The summed E-state index contributed by atoms with van der Waals surface area (Å²) in [6, 6.07) is 14.2. The predicted molar refractivity (Wildman–Crippen MR) is 97.9 cm³/mol. The highest BCUT2D eigenvalue weighted by Gasteiger charge is 2.24. The molecule has 134 valence electrons. The van der Waals surface area contributed by atoms with Gasteiger partial charge in [0, 0.05) is 12.5 Å². The Morgan fingerprint density at radius 2 is 1.88 bits per heavy atom. The second kappa shape index (κ2) is 7.60. The van der Waals surface area contributed by atoms with Crippen LogP contribution in [0.2, 0.25) is 0 Å². The Labute approximate surface area is 151 Å². The van der Waals surface area contributed by atoms with Gasteiger partial charge in [0.25, 0.3) is 5.91 Å². The molecule has 0 radical (unpaired) electrons. The van der Waals surface area contributed by atoms with Gasteiger partial charge >= 0.3 is 0 Å². The first kappa shape index (κ1) is 17.3. The van der Waals surface area contributed by atoms with Crippen molar-refractivity contribution in [1.82, 2.24) is 5.43 Å². The Kier molecular flexibility index (Phi) is 5.07. The Morgan fingerprint density at radius 3 is 2.58 bits per heavy atom. The summed E-state index contributed by atoms with van der Waals surface area (Å²) in [5.74, 6) is 0.581. The lowest BCUT2D eigenvalue weighted by Crippen LogP contribution is -2.47. The molecule has 0 spiro atoms. The first-order valence-corrected chi connectivity index (χ1v) is 8.00.